The van der Waals surface area contributed by atoms with E-state index in [1.54, 1.807) is 23.5 Å². The lowest BCUT2D eigenvalue weighted by atomic mass is 10.1. The van der Waals surface area contributed by atoms with Gasteiger partial charge in [-0.1, -0.05) is 12.1 Å². The standard InChI is InChI=1S/C19H18N4O3S/c24-18(15-2-1-7-23(25)12-15)20-16-5-3-14(4-6-16)17-13-27-19(21-17)22-8-10-26-11-9-22/h1-7,12-13H,8-11H2,(H,20,24). The number of amides is 1. The molecule has 0 radical (unpaired) electrons. The molecule has 0 bridgehead atoms. The van der Waals surface area contributed by atoms with Crippen LogP contribution < -0.4 is 14.9 Å². The van der Waals surface area contributed by atoms with Gasteiger partial charge in [0.2, 0.25) is 0 Å². The van der Waals surface area contributed by atoms with Gasteiger partial charge in [0.05, 0.1) is 18.9 Å². The minimum atomic E-state index is -0.323. The topological polar surface area (TPSA) is 81.4 Å². The van der Waals surface area contributed by atoms with Crippen LogP contribution in [0.4, 0.5) is 10.8 Å². The largest absolute Gasteiger partial charge is 0.619 e. The lowest BCUT2D eigenvalue weighted by Crippen LogP contribution is -2.36. The van der Waals surface area contributed by atoms with Crippen LogP contribution in [0.3, 0.4) is 0 Å². The second-order valence-electron chi connectivity index (χ2n) is 6.10. The molecule has 3 heterocycles. The number of anilines is 2. The van der Waals surface area contributed by atoms with Gasteiger partial charge >= 0.3 is 0 Å². The summed E-state index contributed by atoms with van der Waals surface area (Å²) >= 11 is 1.62. The van der Waals surface area contributed by atoms with Crippen molar-refractivity contribution in [3.8, 4) is 11.3 Å². The highest BCUT2D eigenvalue weighted by Crippen LogP contribution is 2.28. The van der Waals surface area contributed by atoms with Gasteiger partial charge in [0.1, 0.15) is 5.56 Å². The monoisotopic (exact) mass is 382 g/mol. The van der Waals surface area contributed by atoms with Gasteiger partial charge in [-0.2, -0.15) is 4.73 Å². The molecule has 0 unspecified atom stereocenters. The van der Waals surface area contributed by atoms with Crippen LogP contribution >= 0.6 is 11.3 Å². The Bertz CT molecular complexity index is 936. The predicted octanol–water partition coefficient (Wildman–Crippen LogP) is 2.53. The highest BCUT2D eigenvalue weighted by Gasteiger charge is 2.15. The molecule has 3 aromatic rings. The summed E-state index contributed by atoms with van der Waals surface area (Å²) < 4.78 is 5.98. The number of nitrogens with zero attached hydrogens (tertiary/aromatic N) is 3. The van der Waals surface area contributed by atoms with E-state index in [1.165, 1.54) is 12.4 Å². The number of rotatable bonds is 4. The number of hydrogen-bond donors (Lipinski definition) is 1. The van der Waals surface area contributed by atoms with E-state index in [0.29, 0.717) is 16.0 Å². The van der Waals surface area contributed by atoms with E-state index < -0.39 is 0 Å². The molecule has 0 atom stereocenters. The Morgan fingerprint density at radius 3 is 2.74 bits per heavy atom. The summed E-state index contributed by atoms with van der Waals surface area (Å²) in [5, 5.41) is 17.1. The van der Waals surface area contributed by atoms with Gasteiger partial charge in [-0.05, 0) is 18.2 Å². The van der Waals surface area contributed by atoms with Crippen molar-refractivity contribution in [3.63, 3.8) is 0 Å². The molecule has 2 aromatic heterocycles. The predicted molar refractivity (Wildman–Crippen MR) is 104 cm³/mol. The third-order valence-electron chi connectivity index (χ3n) is 4.25. The third kappa shape index (κ3) is 4.07. The van der Waals surface area contributed by atoms with Gasteiger partial charge in [0.25, 0.3) is 5.91 Å². The minimum Gasteiger partial charge on any atom is -0.619 e. The quantitative estimate of drug-likeness (QED) is 0.554. The van der Waals surface area contributed by atoms with Crippen molar-refractivity contribution in [2.24, 2.45) is 0 Å². The van der Waals surface area contributed by atoms with Gasteiger partial charge in [-0.25, -0.2) is 4.98 Å². The smallest absolute Gasteiger partial charge is 0.261 e. The summed E-state index contributed by atoms with van der Waals surface area (Å²) in [6.07, 6.45) is 2.58. The second-order valence-corrected chi connectivity index (χ2v) is 6.94. The van der Waals surface area contributed by atoms with Gasteiger partial charge in [-0.15, -0.1) is 11.3 Å². The summed E-state index contributed by atoms with van der Waals surface area (Å²) in [7, 11) is 0. The van der Waals surface area contributed by atoms with Crippen LogP contribution in [0.15, 0.2) is 54.2 Å². The molecular weight excluding hydrogens is 364 g/mol. The summed E-state index contributed by atoms with van der Waals surface area (Å²) in [5.74, 6) is -0.323. The molecule has 0 aliphatic carbocycles. The van der Waals surface area contributed by atoms with Crippen molar-refractivity contribution in [1.82, 2.24) is 4.98 Å². The molecule has 1 aromatic carbocycles. The molecule has 1 amide bonds. The van der Waals surface area contributed by atoms with E-state index in [4.69, 9.17) is 9.72 Å². The van der Waals surface area contributed by atoms with E-state index in [9.17, 15) is 10.0 Å². The van der Waals surface area contributed by atoms with Gasteiger partial charge in [-0.3, -0.25) is 4.79 Å². The van der Waals surface area contributed by atoms with Gasteiger partial charge in [0.15, 0.2) is 17.5 Å². The van der Waals surface area contributed by atoms with Crippen LogP contribution in [0.1, 0.15) is 10.4 Å². The maximum absolute atomic E-state index is 12.2. The number of carbonyl (C=O) groups is 1. The van der Waals surface area contributed by atoms with E-state index in [1.807, 2.05) is 29.6 Å². The van der Waals surface area contributed by atoms with Crippen LogP contribution in [0.5, 0.6) is 0 Å². The fourth-order valence-corrected chi connectivity index (χ4v) is 3.70. The number of thiazole rings is 1. The Hall–Kier alpha value is -2.97. The molecule has 1 aliphatic heterocycles. The summed E-state index contributed by atoms with van der Waals surface area (Å²) in [6.45, 7) is 3.19. The molecule has 27 heavy (non-hydrogen) atoms. The first kappa shape index (κ1) is 17.4. The normalized spacial score (nSPS) is 14.1. The molecule has 0 saturated carbocycles. The summed E-state index contributed by atoms with van der Waals surface area (Å²) in [5.41, 5.74) is 2.87. The van der Waals surface area contributed by atoms with E-state index in [-0.39, 0.29) is 5.91 Å². The van der Waals surface area contributed by atoms with Crippen molar-refractivity contribution in [2.45, 2.75) is 0 Å². The van der Waals surface area contributed by atoms with Crippen molar-refractivity contribution < 1.29 is 14.3 Å². The number of morpholine rings is 1. The van der Waals surface area contributed by atoms with Crippen molar-refractivity contribution >= 4 is 28.1 Å². The Morgan fingerprint density at radius 2 is 2.00 bits per heavy atom. The van der Waals surface area contributed by atoms with Crippen LogP contribution in [0.2, 0.25) is 0 Å². The molecule has 1 fully saturated rings. The zero-order chi connectivity index (χ0) is 18.6. The maximum Gasteiger partial charge on any atom is 0.261 e. The zero-order valence-corrected chi connectivity index (χ0v) is 15.3. The average molecular weight is 382 g/mol. The Kier molecular flexibility index (Phi) is 4.99. The lowest BCUT2D eigenvalue weighted by molar-refractivity contribution is -0.605. The number of ether oxygens (including phenoxy) is 1. The molecular formula is C19H18N4O3S. The van der Waals surface area contributed by atoms with Gasteiger partial charge < -0.3 is 20.2 Å². The molecule has 8 heteroatoms. The number of carbonyl (C=O) groups excluding carboxylic acids is 1. The van der Waals surface area contributed by atoms with Crippen LogP contribution in [0.25, 0.3) is 11.3 Å². The first-order valence-corrected chi connectivity index (χ1v) is 9.46. The maximum atomic E-state index is 12.2. The summed E-state index contributed by atoms with van der Waals surface area (Å²) in [6, 6.07) is 10.6. The lowest BCUT2D eigenvalue weighted by Gasteiger charge is -2.26. The molecule has 1 N–H and O–H groups in total. The first-order chi connectivity index (χ1) is 13.2. The fourth-order valence-electron chi connectivity index (χ4n) is 2.81. The van der Waals surface area contributed by atoms with Crippen molar-refractivity contribution in [2.75, 3.05) is 36.5 Å². The Balaban J connectivity index is 1.44. The first-order valence-electron chi connectivity index (χ1n) is 8.58. The van der Waals surface area contributed by atoms with Gasteiger partial charge in [0, 0.05) is 35.8 Å². The number of nitrogens with one attached hydrogen (secondary N) is 1. The highest BCUT2D eigenvalue weighted by molar-refractivity contribution is 7.14. The Labute approximate surface area is 160 Å². The fraction of sp³-hybridized carbons (Fsp3) is 0.211. The number of pyridine rings is 1. The number of benzene rings is 1. The number of hydrogen-bond acceptors (Lipinski definition) is 6. The molecule has 1 aliphatic rings. The molecule has 138 valence electrons. The molecule has 7 nitrogen and oxygen atoms in total. The van der Waals surface area contributed by atoms with Crippen LogP contribution in [-0.2, 0) is 4.74 Å². The van der Waals surface area contributed by atoms with Crippen LogP contribution in [-0.4, -0.2) is 37.2 Å². The third-order valence-corrected chi connectivity index (χ3v) is 5.15. The molecule has 4 rings (SSSR count). The molecule has 1 saturated heterocycles. The second kappa shape index (κ2) is 7.73. The number of aromatic nitrogens is 2. The summed E-state index contributed by atoms with van der Waals surface area (Å²) in [4.78, 5) is 19.2. The van der Waals surface area contributed by atoms with Crippen LogP contribution in [0, 0.1) is 5.21 Å². The Morgan fingerprint density at radius 1 is 1.22 bits per heavy atom. The van der Waals surface area contributed by atoms with E-state index in [2.05, 4.69) is 10.2 Å². The van der Waals surface area contributed by atoms with E-state index >= 15 is 0 Å². The molecule has 0 spiro atoms. The van der Waals surface area contributed by atoms with E-state index in [0.717, 1.165) is 42.7 Å². The minimum absolute atomic E-state index is 0.311. The SMILES string of the molecule is O=C(Nc1ccc(-c2csc(N3CCOCC3)n2)cc1)c1ccc[n+]([O-])c1. The van der Waals surface area contributed by atoms with Crippen molar-refractivity contribution in [1.29, 1.82) is 0 Å². The highest BCUT2D eigenvalue weighted by atomic mass is 32.1. The zero-order valence-electron chi connectivity index (χ0n) is 14.5. The van der Waals surface area contributed by atoms with Crippen molar-refractivity contribution in [3.05, 3.63) is 64.9 Å². The average Bonchev–Trinajstić information content (AvgIpc) is 3.19.